The molecule has 112 valence electrons. The van der Waals surface area contributed by atoms with Crippen LogP contribution in [-0.2, 0) is 10.0 Å². The van der Waals surface area contributed by atoms with E-state index in [9.17, 15) is 13.5 Å². The minimum Gasteiger partial charge on any atom is -0.508 e. The number of rotatable bonds is 4. The number of piperazine rings is 1. The molecule has 0 aliphatic carbocycles. The fraction of sp³-hybridized carbons (Fsp3) is 0.571. The molecule has 5 nitrogen and oxygen atoms in total. The summed E-state index contributed by atoms with van der Waals surface area (Å²) in [4.78, 5) is 2.25. The molecule has 20 heavy (non-hydrogen) atoms. The zero-order valence-electron chi connectivity index (χ0n) is 12.0. The van der Waals surface area contributed by atoms with Crippen LogP contribution in [0.4, 0.5) is 0 Å². The van der Waals surface area contributed by atoms with E-state index in [-0.39, 0.29) is 6.04 Å². The molecular weight excluding hydrogens is 276 g/mol. The lowest BCUT2D eigenvalue weighted by molar-refractivity contribution is 0.132. The maximum absolute atomic E-state index is 11.5. The highest BCUT2D eigenvalue weighted by molar-refractivity contribution is 7.88. The van der Waals surface area contributed by atoms with Gasteiger partial charge in [0, 0.05) is 37.8 Å². The van der Waals surface area contributed by atoms with Gasteiger partial charge < -0.3 is 5.11 Å². The van der Waals surface area contributed by atoms with E-state index in [1.54, 1.807) is 6.07 Å². The Morgan fingerprint density at radius 2 is 1.80 bits per heavy atom. The molecule has 0 bridgehead atoms. The van der Waals surface area contributed by atoms with Crippen LogP contribution in [0.15, 0.2) is 24.3 Å². The quantitative estimate of drug-likeness (QED) is 0.913. The van der Waals surface area contributed by atoms with Crippen molar-refractivity contribution in [2.45, 2.75) is 19.4 Å². The van der Waals surface area contributed by atoms with E-state index in [0.29, 0.717) is 31.9 Å². The molecule has 1 N–H and O–H groups in total. The summed E-state index contributed by atoms with van der Waals surface area (Å²) in [6.45, 7) is 4.51. The highest BCUT2D eigenvalue weighted by Gasteiger charge is 2.28. The summed E-state index contributed by atoms with van der Waals surface area (Å²) in [5, 5.41) is 9.99. The minimum absolute atomic E-state index is 0.137. The topological polar surface area (TPSA) is 60.9 Å². The third kappa shape index (κ3) is 3.31. The highest BCUT2D eigenvalue weighted by atomic mass is 32.2. The van der Waals surface area contributed by atoms with Gasteiger partial charge in [-0.15, -0.1) is 0 Å². The average Bonchev–Trinajstić information content (AvgIpc) is 2.41. The van der Waals surface area contributed by atoms with Crippen LogP contribution in [0.1, 0.15) is 24.9 Å². The van der Waals surface area contributed by atoms with Gasteiger partial charge in [0.05, 0.1) is 6.26 Å². The normalized spacial score (nSPS) is 19.9. The molecule has 1 saturated heterocycles. The van der Waals surface area contributed by atoms with Gasteiger partial charge >= 0.3 is 0 Å². The maximum Gasteiger partial charge on any atom is 0.211 e. The van der Waals surface area contributed by atoms with E-state index in [2.05, 4.69) is 11.8 Å². The Balaban J connectivity index is 2.10. The molecule has 1 aliphatic rings. The first-order valence-electron chi connectivity index (χ1n) is 6.90. The molecule has 1 aliphatic heterocycles. The number of para-hydroxylation sites is 1. The van der Waals surface area contributed by atoms with Crippen molar-refractivity contribution >= 4 is 10.0 Å². The molecule has 0 spiro atoms. The fourth-order valence-corrected chi connectivity index (χ4v) is 3.62. The standard InChI is InChI=1S/C14H22N2O3S/c1-3-13(12-6-4-5-7-14(12)17)15-8-10-16(11-9-15)20(2,18)19/h4-7,13,17H,3,8-11H2,1-2H3. The van der Waals surface area contributed by atoms with Crippen molar-refractivity contribution in [3.63, 3.8) is 0 Å². The van der Waals surface area contributed by atoms with Gasteiger partial charge in [0.1, 0.15) is 5.75 Å². The van der Waals surface area contributed by atoms with Gasteiger partial charge in [0.2, 0.25) is 10.0 Å². The largest absolute Gasteiger partial charge is 0.508 e. The molecule has 1 fully saturated rings. The zero-order valence-corrected chi connectivity index (χ0v) is 12.8. The second-order valence-corrected chi connectivity index (χ2v) is 7.16. The summed E-state index contributed by atoms with van der Waals surface area (Å²) < 4.78 is 24.6. The Morgan fingerprint density at radius 1 is 1.20 bits per heavy atom. The lowest BCUT2D eigenvalue weighted by Crippen LogP contribution is -2.49. The van der Waals surface area contributed by atoms with Crippen LogP contribution in [0.5, 0.6) is 5.75 Å². The van der Waals surface area contributed by atoms with Gasteiger partial charge in [-0.05, 0) is 12.5 Å². The number of benzene rings is 1. The summed E-state index contributed by atoms with van der Waals surface area (Å²) >= 11 is 0. The van der Waals surface area contributed by atoms with Crippen molar-refractivity contribution in [1.29, 1.82) is 0 Å². The average molecular weight is 298 g/mol. The first kappa shape index (κ1) is 15.3. The summed E-state index contributed by atoms with van der Waals surface area (Å²) in [5.74, 6) is 0.310. The van der Waals surface area contributed by atoms with Crippen LogP contribution in [-0.4, -0.2) is 55.2 Å². The molecule has 0 amide bonds. The molecule has 0 radical (unpaired) electrons. The van der Waals surface area contributed by atoms with E-state index in [1.807, 2.05) is 18.2 Å². The highest BCUT2D eigenvalue weighted by Crippen LogP contribution is 2.31. The predicted molar refractivity (Wildman–Crippen MR) is 79.1 cm³/mol. The Kier molecular flexibility index (Phi) is 4.67. The molecule has 1 unspecified atom stereocenters. The lowest BCUT2D eigenvalue weighted by atomic mass is 10.0. The van der Waals surface area contributed by atoms with Crippen LogP contribution < -0.4 is 0 Å². The van der Waals surface area contributed by atoms with Crippen molar-refractivity contribution in [2.24, 2.45) is 0 Å². The van der Waals surface area contributed by atoms with Crippen LogP contribution in [0.25, 0.3) is 0 Å². The SMILES string of the molecule is CCC(c1ccccc1O)N1CCN(S(C)(=O)=O)CC1. The van der Waals surface area contributed by atoms with Crippen LogP contribution in [0, 0.1) is 0 Å². The second-order valence-electron chi connectivity index (χ2n) is 5.18. The number of hydrogen-bond donors (Lipinski definition) is 1. The summed E-state index contributed by atoms with van der Waals surface area (Å²) in [5.41, 5.74) is 0.919. The van der Waals surface area contributed by atoms with Crippen LogP contribution in [0.2, 0.25) is 0 Å². The maximum atomic E-state index is 11.5. The summed E-state index contributed by atoms with van der Waals surface area (Å²) in [7, 11) is -3.10. The molecule has 2 rings (SSSR count). The van der Waals surface area contributed by atoms with Gasteiger partial charge in [0.15, 0.2) is 0 Å². The Bertz CT molecular complexity index is 551. The molecule has 1 aromatic carbocycles. The minimum atomic E-state index is -3.10. The second kappa shape index (κ2) is 6.11. The van der Waals surface area contributed by atoms with Gasteiger partial charge in [0.25, 0.3) is 0 Å². The summed E-state index contributed by atoms with van der Waals surface area (Å²) in [6, 6.07) is 7.51. The number of nitrogens with zero attached hydrogens (tertiary/aromatic N) is 2. The smallest absolute Gasteiger partial charge is 0.211 e. The van der Waals surface area contributed by atoms with Crippen molar-refractivity contribution < 1.29 is 13.5 Å². The van der Waals surface area contributed by atoms with E-state index >= 15 is 0 Å². The van der Waals surface area contributed by atoms with Crippen LogP contribution >= 0.6 is 0 Å². The van der Waals surface area contributed by atoms with E-state index < -0.39 is 10.0 Å². The molecular formula is C14H22N2O3S. The number of aromatic hydroxyl groups is 1. The first-order valence-corrected chi connectivity index (χ1v) is 8.75. The van der Waals surface area contributed by atoms with E-state index in [0.717, 1.165) is 12.0 Å². The number of sulfonamides is 1. The van der Waals surface area contributed by atoms with E-state index in [1.165, 1.54) is 10.6 Å². The first-order chi connectivity index (χ1) is 9.43. The van der Waals surface area contributed by atoms with Gasteiger partial charge in [-0.3, -0.25) is 4.90 Å². The van der Waals surface area contributed by atoms with Gasteiger partial charge in [-0.1, -0.05) is 25.1 Å². The van der Waals surface area contributed by atoms with Crippen molar-refractivity contribution in [3.8, 4) is 5.75 Å². The van der Waals surface area contributed by atoms with E-state index in [4.69, 9.17) is 0 Å². The molecule has 0 aromatic heterocycles. The molecule has 1 aromatic rings. The number of phenols is 1. The van der Waals surface area contributed by atoms with Crippen molar-refractivity contribution in [2.75, 3.05) is 32.4 Å². The molecule has 6 heteroatoms. The number of hydrogen-bond acceptors (Lipinski definition) is 4. The Hall–Kier alpha value is -1.11. The third-order valence-electron chi connectivity index (χ3n) is 3.87. The Morgan fingerprint density at radius 3 is 2.30 bits per heavy atom. The van der Waals surface area contributed by atoms with Gasteiger partial charge in [-0.2, -0.15) is 4.31 Å². The fourth-order valence-electron chi connectivity index (χ4n) is 2.79. The van der Waals surface area contributed by atoms with Crippen LogP contribution in [0.3, 0.4) is 0 Å². The number of phenolic OH excluding ortho intramolecular Hbond substituents is 1. The molecule has 1 heterocycles. The predicted octanol–water partition coefficient (Wildman–Crippen LogP) is 1.42. The van der Waals surface area contributed by atoms with Crippen molar-refractivity contribution in [3.05, 3.63) is 29.8 Å². The third-order valence-corrected chi connectivity index (χ3v) is 5.17. The Labute approximate surface area is 120 Å². The lowest BCUT2D eigenvalue weighted by Gasteiger charge is -2.38. The zero-order chi connectivity index (χ0) is 14.8. The molecule has 1 atom stereocenters. The molecule has 0 saturated carbocycles. The van der Waals surface area contributed by atoms with Gasteiger partial charge in [-0.25, -0.2) is 8.42 Å². The monoisotopic (exact) mass is 298 g/mol. The summed E-state index contributed by atoms with van der Waals surface area (Å²) in [6.07, 6.45) is 2.14. The van der Waals surface area contributed by atoms with Crippen molar-refractivity contribution in [1.82, 2.24) is 9.21 Å².